The molecule has 1 aromatic carbocycles. The van der Waals surface area contributed by atoms with Crippen LogP contribution >= 0.6 is 11.6 Å². The lowest BCUT2D eigenvalue weighted by Crippen LogP contribution is -2.04. The minimum atomic E-state index is 0.260. The molecule has 0 radical (unpaired) electrons. The average Bonchev–Trinajstić information content (AvgIpc) is 3.09. The Hall–Kier alpha value is -1.32. The fraction of sp³-hybridized carbons (Fsp3) is 0.250. The zero-order chi connectivity index (χ0) is 11.0. The topological polar surface area (TPSA) is 34.6 Å². The molecule has 0 amide bonds. The van der Waals surface area contributed by atoms with E-state index in [4.69, 9.17) is 21.1 Å². The highest BCUT2D eigenvalue weighted by molar-refractivity contribution is 6.31. The maximum atomic E-state index is 5.91. The highest BCUT2D eigenvalue weighted by atomic mass is 35.5. The molecule has 1 aliphatic heterocycles. The summed E-state index contributed by atoms with van der Waals surface area (Å²) in [7, 11) is 0. The molecule has 0 N–H and O–H groups in total. The lowest BCUT2D eigenvalue weighted by Gasteiger charge is -2.07. The Balaban J connectivity index is 1.95. The first kappa shape index (κ1) is 9.87. The zero-order valence-electron chi connectivity index (χ0n) is 8.52. The SMILES string of the molecule is Clc1ccc2c(OCC3CO3)ccnc2c1. The Morgan fingerprint density at radius 2 is 2.31 bits per heavy atom. The first-order chi connectivity index (χ1) is 7.83. The predicted octanol–water partition coefficient (Wildman–Crippen LogP) is 2.67. The third kappa shape index (κ3) is 1.96. The third-order valence-corrected chi connectivity index (χ3v) is 2.73. The first-order valence-corrected chi connectivity index (χ1v) is 5.49. The lowest BCUT2D eigenvalue weighted by atomic mass is 10.2. The molecule has 3 nitrogen and oxygen atoms in total. The Bertz CT molecular complexity index is 525. The fourth-order valence-electron chi connectivity index (χ4n) is 1.57. The van der Waals surface area contributed by atoms with Gasteiger partial charge in [0.2, 0.25) is 0 Å². The molecule has 1 atom stereocenters. The average molecular weight is 236 g/mol. The molecule has 1 unspecified atom stereocenters. The molecule has 1 saturated heterocycles. The van der Waals surface area contributed by atoms with Crippen LogP contribution < -0.4 is 4.74 Å². The Kier molecular flexibility index (Phi) is 2.42. The van der Waals surface area contributed by atoms with E-state index in [9.17, 15) is 0 Å². The standard InChI is InChI=1S/C12H10ClNO2/c13-8-1-2-10-11(5-8)14-4-3-12(10)16-7-9-6-15-9/h1-5,9H,6-7H2. The van der Waals surface area contributed by atoms with E-state index >= 15 is 0 Å². The van der Waals surface area contributed by atoms with Gasteiger partial charge in [-0.05, 0) is 24.3 Å². The maximum Gasteiger partial charge on any atom is 0.130 e. The first-order valence-electron chi connectivity index (χ1n) is 5.11. The van der Waals surface area contributed by atoms with E-state index in [2.05, 4.69) is 4.98 Å². The molecule has 1 fully saturated rings. The molecule has 1 aromatic heterocycles. The van der Waals surface area contributed by atoms with E-state index in [1.807, 2.05) is 24.3 Å². The molecule has 0 spiro atoms. The molecule has 2 heterocycles. The number of hydrogen-bond donors (Lipinski definition) is 0. The zero-order valence-corrected chi connectivity index (χ0v) is 9.28. The third-order valence-electron chi connectivity index (χ3n) is 2.49. The number of ether oxygens (including phenoxy) is 2. The summed E-state index contributed by atoms with van der Waals surface area (Å²) in [5, 5.41) is 1.66. The van der Waals surface area contributed by atoms with Crippen LogP contribution in [-0.2, 0) is 4.74 Å². The van der Waals surface area contributed by atoms with Crippen molar-refractivity contribution < 1.29 is 9.47 Å². The number of epoxide rings is 1. The number of fused-ring (bicyclic) bond motifs is 1. The predicted molar refractivity (Wildman–Crippen MR) is 62.0 cm³/mol. The van der Waals surface area contributed by atoms with E-state index in [0.29, 0.717) is 11.6 Å². The molecule has 0 aliphatic carbocycles. The van der Waals surface area contributed by atoms with E-state index in [1.165, 1.54) is 0 Å². The number of nitrogens with zero attached hydrogens (tertiary/aromatic N) is 1. The van der Waals surface area contributed by atoms with Crippen LogP contribution in [0.15, 0.2) is 30.5 Å². The van der Waals surface area contributed by atoms with Crippen LogP contribution in [0.4, 0.5) is 0 Å². The number of pyridine rings is 1. The van der Waals surface area contributed by atoms with Gasteiger partial charge in [-0.15, -0.1) is 0 Å². The van der Waals surface area contributed by atoms with Gasteiger partial charge in [0.25, 0.3) is 0 Å². The number of benzene rings is 1. The van der Waals surface area contributed by atoms with Gasteiger partial charge in [0, 0.05) is 16.6 Å². The smallest absolute Gasteiger partial charge is 0.130 e. The van der Waals surface area contributed by atoms with Gasteiger partial charge >= 0.3 is 0 Å². The quantitative estimate of drug-likeness (QED) is 0.768. The molecule has 2 aromatic rings. The summed E-state index contributed by atoms with van der Waals surface area (Å²) in [6.45, 7) is 1.40. The largest absolute Gasteiger partial charge is 0.490 e. The highest BCUT2D eigenvalue weighted by Crippen LogP contribution is 2.26. The van der Waals surface area contributed by atoms with E-state index in [0.717, 1.165) is 23.3 Å². The molecular weight excluding hydrogens is 226 g/mol. The van der Waals surface area contributed by atoms with Crippen molar-refractivity contribution in [3.05, 3.63) is 35.5 Å². The molecular formula is C12H10ClNO2. The Morgan fingerprint density at radius 3 is 3.12 bits per heavy atom. The van der Waals surface area contributed by atoms with Crippen molar-refractivity contribution in [3.63, 3.8) is 0 Å². The molecule has 0 bridgehead atoms. The highest BCUT2D eigenvalue weighted by Gasteiger charge is 2.23. The van der Waals surface area contributed by atoms with Gasteiger partial charge in [0.15, 0.2) is 0 Å². The van der Waals surface area contributed by atoms with Gasteiger partial charge in [-0.25, -0.2) is 0 Å². The minimum Gasteiger partial charge on any atom is -0.490 e. The molecule has 3 rings (SSSR count). The van der Waals surface area contributed by atoms with Crippen molar-refractivity contribution >= 4 is 22.5 Å². The van der Waals surface area contributed by atoms with Gasteiger partial charge in [0.1, 0.15) is 18.5 Å². The van der Waals surface area contributed by atoms with Crippen LogP contribution in [0.3, 0.4) is 0 Å². The normalized spacial score (nSPS) is 18.7. The summed E-state index contributed by atoms with van der Waals surface area (Å²) in [5.74, 6) is 0.831. The van der Waals surface area contributed by atoms with Crippen LogP contribution in [-0.4, -0.2) is 24.3 Å². The molecule has 4 heteroatoms. The summed E-state index contributed by atoms with van der Waals surface area (Å²) in [5.41, 5.74) is 0.849. The van der Waals surface area contributed by atoms with Crippen molar-refractivity contribution in [1.82, 2.24) is 4.98 Å². The minimum absolute atomic E-state index is 0.260. The van der Waals surface area contributed by atoms with Crippen molar-refractivity contribution in [2.75, 3.05) is 13.2 Å². The van der Waals surface area contributed by atoms with Crippen molar-refractivity contribution in [1.29, 1.82) is 0 Å². The van der Waals surface area contributed by atoms with Crippen LogP contribution in [0.2, 0.25) is 5.02 Å². The van der Waals surface area contributed by atoms with Crippen LogP contribution in [0.25, 0.3) is 10.9 Å². The van der Waals surface area contributed by atoms with Gasteiger partial charge in [-0.2, -0.15) is 0 Å². The monoisotopic (exact) mass is 235 g/mol. The van der Waals surface area contributed by atoms with Gasteiger partial charge in [0.05, 0.1) is 12.1 Å². The van der Waals surface area contributed by atoms with E-state index in [-0.39, 0.29) is 6.10 Å². The Labute approximate surface area is 98.0 Å². The summed E-state index contributed by atoms with van der Waals surface area (Å²) in [6, 6.07) is 7.45. The molecule has 1 aliphatic rings. The lowest BCUT2D eigenvalue weighted by molar-refractivity contribution is 0.265. The fourth-order valence-corrected chi connectivity index (χ4v) is 1.73. The van der Waals surface area contributed by atoms with Crippen LogP contribution in [0.5, 0.6) is 5.75 Å². The summed E-state index contributed by atoms with van der Waals surface area (Å²) >= 11 is 5.91. The van der Waals surface area contributed by atoms with Crippen LogP contribution in [0.1, 0.15) is 0 Å². The number of rotatable bonds is 3. The van der Waals surface area contributed by atoms with E-state index < -0.39 is 0 Å². The van der Waals surface area contributed by atoms with Crippen LogP contribution in [0, 0.1) is 0 Å². The second-order valence-electron chi connectivity index (χ2n) is 3.74. The summed E-state index contributed by atoms with van der Waals surface area (Å²) < 4.78 is 10.8. The maximum absolute atomic E-state index is 5.91. The molecule has 0 saturated carbocycles. The van der Waals surface area contributed by atoms with Crippen molar-refractivity contribution in [3.8, 4) is 5.75 Å². The van der Waals surface area contributed by atoms with Gasteiger partial charge in [-0.3, -0.25) is 4.98 Å². The van der Waals surface area contributed by atoms with Gasteiger partial charge in [-0.1, -0.05) is 11.6 Å². The number of halogens is 1. The molecule has 16 heavy (non-hydrogen) atoms. The van der Waals surface area contributed by atoms with E-state index in [1.54, 1.807) is 6.20 Å². The number of hydrogen-bond acceptors (Lipinski definition) is 3. The number of aromatic nitrogens is 1. The van der Waals surface area contributed by atoms with Crippen molar-refractivity contribution in [2.45, 2.75) is 6.10 Å². The second-order valence-corrected chi connectivity index (χ2v) is 4.17. The second kappa shape index (κ2) is 3.92. The Morgan fingerprint density at radius 1 is 1.44 bits per heavy atom. The summed E-state index contributed by atoms with van der Waals surface area (Å²) in [6.07, 6.45) is 1.98. The summed E-state index contributed by atoms with van der Waals surface area (Å²) in [4.78, 5) is 4.25. The molecule has 82 valence electrons. The van der Waals surface area contributed by atoms with Crippen molar-refractivity contribution in [2.24, 2.45) is 0 Å². The van der Waals surface area contributed by atoms with Gasteiger partial charge < -0.3 is 9.47 Å².